The van der Waals surface area contributed by atoms with E-state index in [1.807, 2.05) is 0 Å². The van der Waals surface area contributed by atoms with Gasteiger partial charge in [-0.15, -0.1) is 0 Å². The largest absolute Gasteiger partial charge is 0.369 e. The average molecular weight is 231 g/mol. The summed E-state index contributed by atoms with van der Waals surface area (Å²) in [5.41, 5.74) is 2.77. The van der Waals surface area contributed by atoms with Gasteiger partial charge in [0.2, 0.25) is 0 Å². The second-order valence-electron chi connectivity index (χ2n) is 5.13. The first-order valence-electron chi connectivity index (χ1n) is 6.87. The molecule has 0 spiro atoms. The SMILES string of the molecule is c1cc2c(nc1NCCN1CCCC1)CCC2. The lowest BCUT2D eigenvalue weighted by atomic mass is 10.2. The zero-order valence-electron chi connectivity index (χ0n) is 10.4. The fraction of sp³-hybridized carbons (Fsp3) is 0.643. The third kappa shape index (κ3) is 2.60. The molecular weight excluding hydrogens is 210 g/mol. The smallest absolute Gasteiger partial charge is 0.126 e. The van der Waals surface area contributed by atoms with Crippen molar-refractivity contribution < 1.29 is 0 Å². The van der Waals surface area contributed by atoms with E-state index in [4.69, 9.17) is 0 Å². The molecule has 1 aliphatic heterocycles. The summed E-state index contributed by atoms with van der Waals surface area (Å²) in [5.74, 6) is 1.06. The highest BCUT2D eigenvalue weighted by atomic mass is 15.2. The molecule has 0 unspecified atom stereocenters. The highest BCUT2D eigenvalue weighted by molar-refractivity contribution is 5.40. The molecule has 0 aromatic carbocycles. The van der Waals surface area contributed by atoms with Crippen LogP contribution in [0.15, 0.2) is 12.1 Å². The quantitative estimate of drug-likeness (QED) is 0.860. The van der Waals surface area contributed by atoms with Crippen molar-refractivity contribution in [1.82, 2.24) is 9.88 Å². The van der Waals surface area contributed by atoms with Crippen molar-refractivity contribution in [2.45, 2.75) is 32.1 Å². The molecule has 1 aliphatic carbocycles. The van der Waals surface area contributed by atoms with Crippen molar-refractivity contribution >= 4 is 5.82 Å². The molecule has 0 amide bonds. The fourth-order valence-electron chi connectivity index (χ4n) is 2.87. The van der Waals surface area contributed by atoms with E-state index in [2.05, 4.69) is 27.3 Å². The Labute approximate surface area is 103 Å². The first-order valence-corrected chi connectivity index (χ1v) is 6.87. The summed E-state index contributed by atoms with van der Waals surface area (Å²) in [6, 6.07) is 4.38. The van der Waals surface area contributed by atoms with Crippen molar-refractivity contribution in [2.75, 3.05) is 31.5 Å². The lowest BCUT2D eigenvalue weighted by Crippen LogP contribution is -2.26. The van der Waals surface area contributed by atoms with E-state index in [1.54, 1.807) is 0 Å². The van der Waals surface area contributed by atoms with Gasteiger partial charge in [-0.3, -0.25) is 0 Å². The van der Waals surface area contributed by atoms with E-state index in [0.29, 0.717) is 0 Å². The molecule has 0 atom stereocenters. The summed E-state index contributed by atoms with van der Waals surface area (Å²) in [6.45, 7) is 4.73. The summed E-state index contributed by atoms with van der Waals surface area (Å²) in [4.78, 5) is 7.22. The van der Waals surface area contributed by atoms with Gasteiger partial charge in [0.05, 0.1) is 0 Å². The minimum absolute atomic E-state index is 1.02. The van der Waals surface area contributed by atoms with Crippen LogP contribution in [0.1, 0.15) is 30.5 Å². The number of hydrogen-bond acceptors (Lipinski definition) is 3. The maximum atomic E-state index is 4.69. The average Bonchev–Trinajstić information content (AvgIpc) is 2.98. The van der Waals surface area contributed by atoms with Crippen LogP contribution in [0.5, 0.6) is 0 Å². The Kier molecular flexibility index (Phi) is 3.27. The molecule has 1 aromatic rings. The third-order valence-electron chi connectivity index (χ3n) is 3.86. The lowest BCUT2D eigenvalue weighted by molar-refractivity contribution is 0.352. The highest BCUT2D eigenvalue weighted by Crippen LogP contribution is 2.21. The Balaban J connectivity index is 1.51. The van der Waals surface area contributed by atoms with E-state index in [1.165, 1.54) is 50.0 Å². The Bertz CT molecular complexity index is 383. The van der Waals surface area contributed by atoms with Gasteiger partial charge in [0, 0.05) is 18.8 Å². The maximum Gasteiger partial charge on any atom is 0.126 e. The summed E-state index contributed by atoms with van der Waals surface area (Å²) < 4.78 is 0. The minimum atomic E-state index is 1.02. The first kappa shape index (κ1) is 11.0. The molecule has 1 fully saturated rings. The number of likely N-dealkylation sites (tertiary alicyclic amines) is 1. The highest BCUT2D eigenvalue weighted by Gasteiger charge is 2.13. The van der Waals surface area contributed by atoms with Gasteiger partial charge in [-0.05, 0) is 56.8 Å². The number of nitrogens with zero attached hydrogens (tertiary/aromatic N) is 2. The second-order valence-corrected chi connectivity index (χ2v) is 5.13. The fourth-order valence-corrected chi connectivity index (χ4v) is 2.87. The van der Waals surface area contributed by atoms with Gasteiger partial charge in [0.25, 0.3) is 0 Å². The van der Waals surface area contributed by atoms with Gasteiger partial charge in [0.15, 0.2) is 0 Å². The summed E-state index contributed by atoms with van der Waals surface area (Å²) in [7, 11) is 0. The molecule has 2 aliphatic rings. The maximum absolute atomic E-state index is 4.69. The Hall–Kier alpha value is -1.09. The van der Waals surface area contributed by atoms with Crippen LogP contribution in [0.2, 0.25) is 0 Å². The standard InChI is InChI=1S/C14H21N3/c1-2-10-17(9-1)11-8-15-14-7-6-12-4-3-5-13(12)16-14/h6-7H,1-5,8-11H2,(H,15,16). The van der Waals surface area contributed by atoms with E-state index >= 15 is 0 Å². The van der Waals surface area contributed by atoms with Crippen molar-refractivity contribution in [1.29, 1.82) is 0 Å². The molecule has 1 N–H and O–H groups in total. The molecule has 1 aromatic heterocycles. The van der Waals surface area contributed by atoms with Crippen LogP contribution in [0.25, 0.3) is 0 Å². The molecule has 0 saturated carbocycles. The number of pyridine rings is 1. The van der Waals surface area contributed by atoms with Crippen LogP contribution >= 0.6 is 0 Å². The molecule has 92 valence electrons. The van der Waals surface area contributed by atoms with Crippen molar-refractivity contribution in [3.8, 4) is 0 Å². The zero-order chi connectivity index (χ0) is 11.5. The molecule has 3 nitrogen and oxygen atoms in total. The number of hydrogen-bond donors (Lipinski definition) is 1. The second kappa shape index (κ2) is 5.05. The summed E-state index contributed by atoms with van der Waals surface area (Å²) in [6.07, 6.45) is 6.40. The van der Waals surface area contributed by atoms with Gasteiger partial charge < -0.3 is 10.2 Å². The normalized spacial score (nSPS) is 19.5. The van der Waals surface area contributed by atoms with Gasteiger partial charge in [-0.1, -0.05) is 6.07 Å². The molecule has 0 radical (unpaired) electrons. The van der Waals surface area contributed by atoms with Gasteiger partial charge >= 0.3 is 0 Å². The van der Waals surface area contributed by atoms with E-state index < -0.39 is 0 Å². The van der Waals surface area contributed by atoms with Crippen molar-refractivity contribution in [3.05, 3.63) is 23.4 Å². The number of anilines is 1. The van der Waals surface area contributed by atoms with Crippen LogP contribution in [0.3, 0.4) is 0 Å². The van der Waals surface area contributed by atoms with Crippen LogP contribution in [-0.4, -0.2) is 36.1 Å². The minimum Gasteiger partial charge on any atom is -0.369 e. The topological polar surface area (TPSA) is 28.2 Å². The molecule has 3 heteroatoms. The number of aromatic nitrogens is 1. The van der Waals surface area contributed by atoms with Crippen LogP contribution in [0.4, 0.5) is 5.82 Å². The number of fused-ring (bicyclic) bond motifs is 1. The van der Waals surface area contributed by atoms with Crippen LogP contribution in [0, 0.1) is 0 Å². The number of nitrogens with one attached hydrogen (secondary N) is 1. The number of aryl methyl sites for hydroxylation is 2. The predicted octanol–water partition coefficient (Wildman–Crippen LogP) is 2.08. The molecular formula is C14H21N3. The van der Waals surface area contributed by atoms with Gasteiger partial charge in [0.1, 0.15) is 5.82 Å². The van der Waals surface area contributed by atoms with E-state index in [0.717, 1.165) is 25.3 Å². The molecule has 0 bridgehead atoms. The van der Waals surface area contributed by atoms with Crippen LogP contribution in [-0.2, 0) is 12.8 Å². The summed E-state index contributed by atoms with van der Waals surface area (Å²) in [5, 5.41) is 3.45. The van der Waals surface area contributed by atoms with Crippen LogP contribution < -0.4 is 5.32 Å². The van der Waals surface area contributed by atoms with Crippen molar-refractivity contribution in [3.63, 3.8) is 0 Å². The van der Waals surface area contributed by atoms with Crippen molar-refractivity contribution in [2.24, 2.45) is 0 Å². The predicted molar refractivity (Wildman–Crippen MR) is 70.4 cm³/mol. The molecule has 3 rings (SSSR count). The van der Waals surface area contributed by atoms with E-state index in [9.17, 15) is 0 Å². The lowest BCUT2D eigenvalue weighted by Gasteiger charge is -2.15. The van der Waals surface area contributed by atoms with Gasteiger partial charge in [-0.2, -0.15) is 0 Å². The Morgan fingerprint density at radius 3 is 2.88 bits per heavy atom. The molecule has 1 saturated heterocycles. The Morgan fingerprint density at radius 1 is 1.12 bits per heavy atom. The third-order valence-corrected chi connectivity index (χ3v) is 3.86. The Morgan fingerprint density at radius 2 is 2.00 bits per heavy atom. The van der Waals surface area contributed by atoms with E-state index in [-0.39, 0.29) is 0 Å². The molecule has 17 heavy (non-hydrogen) atoms. The molecule has 2 heterocycles. The van der Waals surface area contributed by atoms with Gasteiger partial charge in [-0.25, -0.2) is 4.98 Å². The monoisotopic (exact) mass is 231 g/mol. The summed E-state index contributed by atoms with van der Waals surface area (Å²) >= 11 is 0. The zero-order valence-corrected chi connectivity index (χ0v) is 10.4. The number of rotatable bonds is 4. The first-order chi connectivity index (χ1) is 8.42.